The molecule has 2 aromatic rings. The molecule has 0 heterocycles. The molecule has 0 bridgehead atoms. The largest absolute Gasteiger partial charge is 0.493 e. The molecule has 0 saturated carbocycles. The molecule has 0 aliphatic carbocycles. The van der Waals surface area contributed by atoms with E-state index >= 15 is 0 Å². The van der Waals surface area contributed by atoms with Crippen LogP contribution in [0.1, 0.15) is 29.8 Å². The standard InChI is InChI=1S/C21H25N3O7/c1-13(12-31-14(2)25)23-18-7-6-16(24(27)28)10-17(18)21(26)22-11-15-5-8-19(29-3)20(9-15)30-4/h5-10,13,23H,11-12H2,1-4H3,(H,22,26)/t13-/m1/s1. The van der Waals surface area contributed by atoms with Crippen molar-refractivity contribution in [2.45, 2.75) is 26.4 Å². The predicted molar refractivity (Wildman–Crippen MR) is 114 cm³/mol. The number of amides is 1. The maximum atomic E-state index is 12.8. The Hall–Kier alpha value is -3.82. The minimum Gasteiger partial charge on any atom is -0.493 e. The van der Waals surface area contributed by atoms with Crippen LogP contribution >= 0.6 is 0 Å². The van der Waals surface area contributed by atoms with Gasteiger partial charge in [-0.25, -0.2) is 0 Å². The lowest BCUT2D eigenvalue weighted by atomic mass is 10.1. The van der Waals surface area contributed by atoms with Crippen molar-refractivity contribution in [3.63, 3.8) is 0 Å². The Balaban J connectivity index is 2.19. The minimum absolute atomic E-state index is 0.0824. The summed E-state index contributed by atoms with van der Waals surface area (Å²) in [5.41, 5.74) is 1.03. The molecular formula is C21H25N3O7. The molecule has 1 amide bonds. The summed E-state index contributed by atoms with van der Waals surface area (Å²) in [4.78, 5) is 34.4. The van der Waals surface area contributed by atoms with E-state index in [0.717, 1.165) is 5.56 Å². The Labute approximate surface area is 179 Å². The van der Waals surface area contributed by atoms with Crippen molar-refractivity contribution in [2.75, 3.05) is 26.1 Å². The third kappa shape index (κ3) is 6.59. The second-order valence-electron chi connectivity index (χ2n) is 6.71. The van der Waals surface area contributed by atoms with Gasteiger partial charge in [0.15, 0.2) is 11.5 Å². The van der Waals surface area contributed by atoms with Gasteiger partial charge in [0.05, 0.1) is 30.7 Å². The smallest absolute Gasteiger partial charge is 0.302 e. The average Bonchev–Trinajstić information content (AvgIpc) is 2.75. The number of hydrogen-bond acceptors (Lipinski definition) is 8. The summed E-state index contributed by atoms with van der Waals surface area (Å²) in [6, 6.07) is 8.85. The molecule has 0 unspecified atom stereocenters. The zero-order valence-corrected chi connectivity index (χ0v) is 17.8. The van der Waals surface area contributed by atoms with Crippen LogP contribution in [0.5, 0.6) is 11.5 Å². The Bertz CT molecular complexity index is 962. The Morgan fingerprint density at radius 2 is 1.81 bits per heavy atom. The van der Waals surface area contributed by atoms with Gasteiger partial charge in [0.25, 0.3) is 11.6 Å². The number of benzene rings is 2. The molecule has 0 saturated heterocycles. The summed E-state index contributed by atoms with van der Waals surface area (Å²) in [6.07, 6.45) is 0. The maximum absolute atomic E-state index is 12.8. The number of ether oxygens (including phenoxy) is 3. The number of nitro benzene ring substituents is 1. The summed E-state index contributed by atoms with van der Waals surface area (Å²) < 4.78 is 15.4. The number of non-ortho nitro benzene ring substituents is 1. The Kier molecular flexibility index (Phi) is 8.18. The van der Waals surface area contributed by atoms with E-state index in [0.29, 0.717) is 17.2 Å². The van der Waals surface area contributed by atoms with Crippen molar-refractivity contribution >= 4 is 23.3 Å². The van der Waals surface area contributed by atoms with E-state index in [1.165, 1.54) is 39.3 Å². The number of carbonyl (C=O) groups excluding carboxylic acids is 2. The van der Waals surface area contributed by atoms with Gasteiger partial charge in [-0.3, -0.25) is 19.7 Å². The molecule has 0 aliphatic rings. The number of rotatable bonds is 10. The second kappa shape index (κ2) is 10.8. The van der Waals surface area contributed by atoms with Crippen LogP contribution in [0.25, 0.3) is 0 Å². The Morgan fingerprint density at radius 1 is 1.10 bits per heavy atom. The molecule has 0 radical (unpaired) electrons. The quantitative estimate of drug-likeness (QED) is 0.334. The first-order chi connectivity index (χ1) is 14.7. The summed E-state index contributed by atoms with van der Waals surface area (Å²) in [5, 5.41) is 17.0. The van der Waals surface area contributed by atoms with Gasteiger partial charge in [0.2, 0.25) is 0 Å². The monoisotopic (exact) mass is 431 g/mol. The first-order valence-corrected chi connectivity index (χ1v) is 9.42. The first kappa shape index (κ1) is 23.5. The van der Waals surface area contributed by atoms with E-state index in [-0.39, 0.29) is 30.4 Å². The molecule has 0 fully saturated rings. The lowest BCUT2D eigenvalue weighted by Gasteiger charge is -2.18. The topological polar surface area (TPSA) is 129 Å². The van der Waals surface area contributed by atoms with Crippen molar-refractivity contribution in [1.82, 2.24) is 5.32 Å². The normalized spacial score (nSPS) is 11.2. The fraction of sp³-hybridized carbons (Fsp3) is 0.333. The van der Waals surface area contributed by atoms with Gasteiger partial charge in [0.1, 0.15) is 6.61 Å². The van der Waals surface area contributed by atoms with Crippen LogP contribution in [-0.2, 0) is 16.1 Å². The van der Waals surface area contributed by atoms with Crippen molar-refractivity contribution in [3.8, 4) is 11.5 Å². The molecule has 0 aromatic heterocycles. The van der Waals surface area contributed by atoms with Gasteiger partial charge in [-0.2, -0.15) is 0 Å². The van der Waals surface area contributed by atoms with Crippen molar-refractivity contribution < 1.29 is 28.7 Å². The third-order valence-electron chi connectivity index (χ3n) is 4.30. The molecule has 1 atom stereocenters. The summed E-state index contributed by atoms with van der Waals surface area (Å²) in [6.45, 7) is 3.31. The molecular weight excluding hydrogens is 406 g/mol. The SMILES string of the molecule is COc1ccc(CNC(=O)c2cc([N+](=O)[O-])ccc2N[C@H](C)COC(C)=O)cc1OC. The van der Waals surface area contributed by atoms with Crippen LogP contribution in [0.3, 0.4) is 0 Å². The number of anilines is 1. The van der Waals surface area contributed by atoms with E-state index < -0.39 is 16.8 Å². The van der Waals surface area contributed by atoms with E-state index in [9.17, 15) is 19.7 Å². The van der Waals surface area contributed by atoms with Crippen LogP contribution in [0.4, 0.5) is 11.4 Å². The van der Waals surface area contributed by atoms with Crippen molar-refractivity contribution in [1.29, 1.82) is 0 Å². The number of nitro groups is 1. The zero-order chi connectivity index (χ0) is 23.0. The van der Waals surface area contributed by atoms with E-state index in [1.807, 2.05) is 0 Å². The van der Waals surface area contributed by atoms with Crippen LogP contribution < -0.4 is 20.1 Å². The molecule has 31 heavy (non-hydrogen) atoms. The number of nitrogens with one attached hydrogen (secondary N) is 2. The number of carbonyl (C=O) groups is 2. The van der Waals surface area contributed by atoms with E-state index in [2.05, 4.69) is 10.6 Å². The van der Waals surface area contributed by atoms with Gasteiger partial charge in [-0.05, 0) is 30.7 Å². The molecule has 166 valence electrons. The lowest BCUT2D eigenvalue weighted by Crippen LogP contribution is -2.27. The molecule has 2 rings (SSSR count). The summed E-state index contributed by atoms with van der Waals surface area (Å²) in [7, 11) is 3.04. The van der Waals surface area contributed by atoms with E-state index in [4.69, 9.17) is 14.2 Å². The minimum atomic E-state index is -0.572. The summed E-state index contributed by atoms with van der Waals surface area (Å²) >= 11 is 0. The fourth-order valence-electron chi connectivity index (χ4n) is 2.78. The molecule has 0 spiro atoms. The third-order valence-corrected chi connectivity index (χ3v) is 4.30. The number of methoxy groups -OCH3 is 2. The first-order valence-electron chi connectivity index (χ1n) is 9.42. The zero-order valence-electron chi connectivity index (χ0n) is 17.8. The molecule has 10 heteroatoms. The second-order valence-corrected chi connectivity index (χ2v) is 6.71. The molecule has 2 aromatic carbocycles. The van der Waals surface area contributed by atoms with Gasteiger partial charge in [-0.1, -0.05) is 6.07 Å². The number of nitrogens with zero attached hydrogens (tertiary/aromatic N) is 1. The Morgan fingerprint density at radius 3 is 2.42 bits per heavy atom. The lowest BCUT2D eigenvalue weighted by molar-refractivity contribution is -0.384. The number of esters is 1. The van der Waals surface area contributed by atoms with Crippen LogP contribution in [-0.4, -0.2) is 43.7 Å². The van der Waals surface area contributed by atoms with Crippen LogP contribution in [0.2, 0.25) is 0 Å². The van der Waals surface area contributed by atoms with Crippen LogP contribution in [0.15, 0.2) is 36.4 Å². The highest BCUT2D eigenvalue weighted by molar-refractivity contribution is 6.00. The molecule has 2 N–H and O–H groups in total. The number of hydrogen-bond donors (Lipinski definition) is 2. The van der Waals surface area contributed by atoms with Crippen molar-refractivity contribution in [3.05, 3.63) is 57.6 Å². The molecule has 0 aliphatic heterocycles. The fourth-order valence-corrected chi connectivity index (χ4v) is 2.78. The highest BCUT2D eigenvalue weighted by atomic mass is 16.6. The average molecular weight is 431 g/mol. The van der Waals surface area contributed by atoms with Crippen molar-refractivity contribution in [2.24, 2.45) is 0 Å². The van der Waals surface area contributed by atoms with Gasteiger partial charge in [-0.15, -0.1) is 0 Å². The van der Waals surface area contributed by atoms with Crippen LogP contribution in [0, 0.1) is 10.1 Å². The van der Waals surface area contributed by atoms with Gasteiger partial charge in [0, 0.05) is 31.3 Å². The summed E-state index contributed by atoms with van der Waals surface area (Å²) in [5.74, 6) is 0.154. The van der Waals surface area contributed by atoms with E-state index in [1.54, 1.807) is 25.1 Å². The maximum Gasteiger partial charge on any atom is 0.302 e. The highest BCUT2D eigenvalue weighted by Crippen LogP contribution is 2.28. The molecule has 10 nitrogen and oxygen atoms in total. The van der Waals surface area contributed by atoms with Gasteiger partial charge < -0.3 is 24.8 Å². The predicted octanol–water partition coefficient (Wildman–Crippen LogP) is 2.91. The highest BCUT2D eigenvalue weighted by Gasteiger charge is 2.18. The van der Waals surface area contributed by atoms with Gasteiger partial charge >= 0.3 is 5.97 Å².